The number of phosphoric ester groups is 1. The molecular formula is C45H87O13P. The molecule has 0 aromatic heterocycles. The third kappa shape index (κ3) is 29.0. The molecule has 1 fully saturated rings. The third-order valence-electron chi connectivity index (χ3n) is 11.4. The molecule has 59 heavy (non-hydrogen) atoms. The summed E-state index contributed by atoms with van der Waals surface area (Å²) in [5.74, 6) is -1.08. The van der Waals surface area contributed by atoms with Gasteiger partial charge in [-0.1, -0.05) is 194 Å². The van der Waals surface area contributed by atoms with Crippen LogP contribution in [0.4, 0.5) is 0 Å². The topological polar surface area (TPSA) is 210 Å². The van der Waals surface area contributed by atoms with Crippen molar-refractivity contribution in [3.63, 3.8) is 0 Å². The SMILES string of the molecule is CCCCCCCCCCCCCCCCCCCCC(=O)OC(COC(=O)CCCCCCCCCCCCCC)COP(=O)(O)OC1C(O)C(O)C(O)C(O)C1O. The number of aliphatic hydroxyl groups excluding tert-OH is 5. The molecule has 0 radical (unpaired) electrons. The maximum Gasteiger partial charge on any atom is 0.472 e. The summed E-state index contributed by atoms with van der Waals surface area (Å²) >= 11 is 0. The second kappa shape index (κ2) is 36.3. The van der Waals surface area contributed by atoms with Crippen molar-refractivity contribution in [3.8, 4) is 0 Å². The van der Waals surface area contributed by atoms with Crippen molar-refractivity contribution in [1.82, 2.24) is 0 Å². The van der Waals surface area contributed by atoms with Crippen LogP contribution in [0.25, 0.3) is 0 Å². The highest BCUT2D eigenvalue weighted by molar-refractivity contribution is 7.47. The number of hydrogen-bond acceptors (Lipinski definition) is 12. The highest BCUT2D eigenvalue weighted by atomic mass is 31.2. The first-order valence-corrected chi connectivity index (χ1v) is 25.3. The monoisotopic (exact) mass is 867 g/mol. The smallest absolute Gasteiger partial charge is 0.462 e. The van der Waals surface area contributed by atoms with E-state index in [2.05, 4.69) is 13.8 Å². The zero-order valence-corrected chi connectivity index (χ0v) is 38.0. The molecule has 0 aromatic rings. The van der Waals surface area contributed by atoms with E-state index in [-0.39, 0.29) is 12.8 Å². The van der Waals surface area contributed by atoms with Gasteiger partial charge in [0.2, 0.25) is 0 Å². The van der Waals surface area contributed by atoms with Crippen molar-refractivity contribution < 1.29 is 63.1 Å². The van der Waals surface area contributed by atoms with E-state index in [1.165, 1.54) is 141 Å². The number of carbonyl (C=O) groups excluding carboxylic acids is 2. The predicted octanol–water partition coefficient (Wildman–Crippen LogP) is 9.28. The number of hydrogen-bond donors (Lipinski definition) is 6. The van der Waals surface area contributed by atoms with E-state index in [0.29, 0.717) is 12.8 Å². The van der Waals surface area contributed by atoms with Crippen LogP contribution in [-0.2, 0) is 32.7 Å². The molecule has 0 bridgehead atoms. The first-order chi connectivity index (χ1) is 28.4. The van der Waals surface area contributed by atoms with Crippen molar-refractivity contribution in [1.29, 1.82) is 0 Å². The average molecular weight is 867 g/mol. The van der Waals surface area contributed by atoms with E-state index in [4.69, 9.17) is 18.5 Å². The number of phosphoric acid groups is 1. The summed E-state index contributed by atoms with van der Waals surface area (Å²) in [4.78, 5) is 35.7. The standard InChI is InChI=1S/C45H87O13P/c1-3-5-7-9-11-13-15-17-18-19-20-21-22-24-26-28-30-32-34-39(47)57-37(35-55-38(46)33-31-29-27-25-23-16-14-12-10-8-6-4-2)36-56-59(53,54)58-45-43(51)41(49)40(48)42(50)44(45)52/h37,40-45,48-52H,3-36H2,1-2H3,(H,53,54). The van der Waals surface area contributed by atoms with Crippen molar-refractivity contribution in [2.24, 2.45) is 0 Å². The Morgan fingerprint density at radius 1 is 0.458 bits per heavy atom. The quantitative estimate of drug-likeness (QED) is 0.0193. The zero-order chi connectivity index (χ0) is 43.6. The highest BCUT2D eigenvalue weighted by Gasteiger charge is 2.51. The van der Waals surface area contributed by atoms with Gasteiger partial charge in [-0.3, -0.25) is 18.6 Å². The minimum absolute atomic E-state index is 0.105. The van der Waals surface area contributed by atoms with Gasteiger partial charge in [0.05, 0.1) is 6.61 Å². The van der Waals surface area contributed by atoms with Gasteiger partial charge in [-0.25, -0.2) is 4.57 Å². The maximum atomic E-state index is 12.8. The minimum Gasteiger partial charge on any atom is -0.462 e. The number of carbonyl (C=O) groups is 2. The molecule has 0 aromatic carbocycles. The Bertz CT molecular complexity index is 1050. The Morgan fingerprint density at radius 3 is 1.12 bits per heavy atom. The summed E-state index contributed by atoms with van der Waals surface area (Å²) in [5.41, 5.74) is 0. The number of esters is 2. The Labute approximate surface area is 357 Å². The molecule has 14 heteroatoms. The largest absolute Gasteiger partial charge is 0.472 e. The van der Waals surface area contributed by atoms with Crippen LogP contribution in [-0.4, -0.2) is 98.3 Å². The van der Waals surface area contributed by atoms with Gasteiger partial charge < -0.3 is 39.9 Å². The van der Waals surface area contributed by atoms with Crippen molar-refractivity contribution in [3.05, 3.63) is 0 Å². The molecule has 13 nitrogen and oxygen atoms in total. The lowest BCUT2D eigenvalue weighted by Gasteiger charge is -2.41. The van der Waals surface area contributed by atoms with Crippen LogP contribution in [0.15, 0.2) is 0 Å². The van der Waals surface area contributed by atoms with Gasteiger partial charge in [0, 0.05) is 12.8 Å². The zero-order valence-electron chi connectivity index (χ0n) is 37.1. The first kappa shape index (κ1) is 55.9. The molecule has 6 N–H and O–H groups in total. The van der Waals surface area contributed by atoms with Crippen LogP contribution < -0.4 is 0 Å². The van der Waals surface area contributed by atoms with E-state index in [0.717, 1.165) is 38.5 Å². The summed E-state index contributed by atoms with van der Waals surface area (Å²) in [6, 6.07) is 0. The Balaban J connectivity index is 2.41. The second-order valence-electron chi connectivity index (χ2n) is 17.0. The average Bonchev–Trinajstić information content (AvgIpc) is 3.21. The van der Waals surface area contributed by atoms with Gasteiger partial charge >= 0.3 is 19.8 Å². The Morgan fingerprint density at radius 2 is 0.763 bits per heavy atom. The molecule has 0 saturated heterocycles. The molecule has 1 aliphatic carbocycles. The van der Waals surface area contributed by atoms with Gasteiger partial charge in [0.25, 0.3) is 0 Å². The summed E-state index contributed by atoms with van der Waals surface area (Å²) in [7, 11) is -5.11. The van der Waals surface area contributed by atoms with Crippen molar-refractivity contribution in [2.75, 3.05) is 13.2 Å². The van der Waals surface area contributed by atoms with Crippen LogP contribution in [0.1, 0.15) is 219 Å². The fraction of sp³-hybridized carbons (Fsp3) is 0.956. The lowest BCUT2D eigenvalue weighted by molar-refractivity contribution is -0.220. The molecular weight excluding hydrogens is 779 g/mol. The molecule has 350 valence electrons. The molecule has 0 amide bonds. The Kier molecular flexibility index (Phi) is 34.4. The molecule has 6 unspecified atom stereocenters. The molecule has 1 saturated carbocycles. The molecule has 0 heterocycles. The first-order valence-electron chi connectivity index (χ1n) is 23.8. The summed E-state index contributed by atoms with van der Waals surface area (Å²) in [5, 5.41) is 50.1. The van der Waals surface area contributed by atoms with Gasteiger partial charge in [-0.05, 0) is 12.8 Å². The van der Waals surface area contributed by atoms with E-state index < -0.39 is 75.7 Å². The van der Waals surface area contributed by atoms with Gasteiger partial charge in [-0.15, -0.1) is 0 Å². The third-order valence-corrected chi connectivity index (χ3v) is 12.4. The van der Waals surface area contributed by atoms with Crippen LogP contribution in [0.5, 0.6) is 0 Å². The van der Waals surface area contributed by atoms with E-state index in [1.807, 2.05) is 0 Å². The molecule has 6 atom stereocenters. The van der Waals surface area contributed by atoms with E-state index in [1.54, 1.807) is 0 Å². The molecule has 0 aliphatic heterocycles. The summed E-state index contributed by atoms with van der Waals surface area (Å²) in [6.07, 6.45) is 23.0. The molecule has 1 rings (SSSR count). The maximum absolute atomic E-state index is 12.8. The number of unbranched alkanes of at least 4 members (excludes halogenated alkanes) is 28. The number of aliphatic hydroxyl groups is 5. The van der Waals surface area contributed by atoms with Crippen molar-refractivity contribution >= 4 is 19.8 Å². The van der Waals surface area contributed by atoms with E-state index in [9.17, 15) is 44.6 Å². The lowest BCUT2D eigenvalue weighted by Crippen LogP contribution is -2.64. The fourth-order valence-corrected chi connectivity index (χ4v) is 8.56. The van der Waals surface area contributed by atoms with Crippen LogP contribution >= 0.6 is 7.82 Å². The van der Waals surface area contributed by atoms with Crippen LogP contribution in [0.2, 0.25) is 0 Å². The fourth-order valence-electron chi connectivity index (χ4n) is 7.58. The van der Waals surface area contributed by atoms with Crippen LogP contribution in [0.3, 0.4) is 0 Å². The van der Waals surface area contributed by atoms with Gasteiger partial charge in [0.1, 0.15) is 43.2 Å². The normalized spacial score (nSPS) is 22.2. The van der Waals surface area contributed by atoms with Gasteiger partial charge in [0.15, 0.2) is 6.10 Å². The summed E-state index contributed by atoms with van der Waals surface area (Å²) < 4.78 is 33.5. The van der Waals surface area contributed by atoms with E-state index >= 15 is 0 Å². The molecule has 0 spiro atoms. The minimum atomic E-state index is -5.11. The second-order valence-corrected chi connectivity index (χ2v) is 18.4. The summed E-state index contributed by atoms with van der Waals surface area (Å²) in [6.45, 7) is 3.32. The molecule has 1 aliphatic rings. The highest BCUT2D eigenvalue weighted by Crippen LogP contribution is 2.47. The lowest BCUT2D eigenvalue weighted by atomic mass is 9.85. The van der Waals surface area contributed by atoms with Crippen molar-refractivity contribution in [2.45, 2.75) is 262 Å². The van der Waals surface area contributed by atoms with Crippen LogP contribution in [0, 0.1) is 0 Å². The van der Waals surface area contributed by atoms with Gasteiger partial charge in [-0.2, -0.15) is 0 Å². The Hall–Kier alpha value is -1.15. The predicted molar refractivity (Wildman–Crippen MR) is 231 cm³/mol. The number of rotatable bonds is 40. The number of ether oxygens (including phenoxy) is 2.